The van der Waals surface area contributed by atoms with Crippen LogP contribution < -0.4 is 11.1 Å². The Balaban J connectivity index is 1.78. The van der Waals surface area contributed by atoms with Gasteiger partial charge in [0.25, 0.3) is 0 Å². The maximum Gasteiger partial charge on any atom is 0.226 e. The van der Waals surface area contributed by atoms with E-state index < -0.39 is 0 Å². The van der Waals surface area contributed by atoms with Gasteiger partial charge in [-0.15, -0.1) is 0 Å². The molecule has 0 aromatic rings. The molecule has 4 aliphatic rings. The fourth-order valence-electron chi connectivity index (χ4n) is 6.19. The molecule has 2 unspecified atom stereocenters. The Bertz CT molecular complexity index is 374. The van der Waals surface area contributed by atoms with E-state index in [0.717, 1.165) is 38.1 Å². The molecule has 0 aromatic heterocycles. The molecule has 4 rings (SSSR count). The molecule has 1 amide bonds. The number of hydrogen-bond acceptors (Lipinski definition) is 2. The number of carbonyl (C=O) groups is 1. The van der Waals surface area contributed by atoms with E-state index in [9.17, 15) is 4.79 Å². The normalized spacial score (nSPS) is 47.4. The minimum absolute atomic E-state index is 0.0580. The average Bonchev–Trinajstić information content (AvgIpc) is 2.24. The minimum Gasteiger partial charge on any atom is -0.356 e. The fraction of sp³-hybridized carbons (Fsp3) is 0.938. The monoisotopic (exact) mass is 264 g/mol. The Kier molecular flexibility index (Phi) is 2.97. The topological polar surface area (TPSA) is 55.1 Å². The minimum atomic E-state index is -0.0580. The molecule has 0 radical (unpaired) electrons. The summed E-state index contributed by atoms with van der Waals surface area (Å²) in [5.41, 5.74) is 6.29. The molecular weight excluding hydrogens is 236 g/mol. The summed E-state index contributed by atoms with van der Waals surface area (Å²) in [5.74, 6) is 1.11. The van der Waals surface area contributed by atoms with Gasteiger partial charge in [0.05, 0.1) is 5.41 Å². The van der Waals surface area contributed by atoms with Gasteiger partial charge < -0.3 is 11.1 Å². The zero-order valence-corrected chi connectivity index (χ0v) is 12.4. The summed E-state index contributed by atoms with van der Waals surface area (Å²) in [4.78, 5) is 12.7. The van der Waals surface area contributed by atoms with Gasteiger partial charge >= 0.3 is 0 Å². The van der Waals surface area contributed by atoms with Crippen LogP contribution in [0, 0.1) is 22.2 Å². The van der Waals surface area contributed by atoms with Gasteiger partial charge in [0, 0.05) is 6.54 Å². The molecule has 108 valence electrons. The van der Waals surface area contributed by atoms with Crippen LogP contribution in [-0.2, 0) is 4.79 Å². The van der Waals surface area contributed by atoms with Gasteiger partial charge in [0.2, 0.25) is 5.91 Å². The van der Waals surface area contributed by atoms with Crippen molar-refractivity contribution in [1.82, 2.24) is 5.32 Å². The van der Waals surface area contributed by atoms with Gasteiger partial charge in [-0.25, -0.2) is 0 Å². The lowest BCUT2D eigenvalue weighted by Crippen LogP contribution is -2.59. The van der Waals surface area contributed by atoms with Crippen LogP contribution in [0.2, 0.25) is 0 Å². The van der Waals surface area contributed by atoms with Crippen LogP contribution in [0.1, 0.15) is 58.8 Å². The molecule has 3 heteroatoms. The number of nitrogens with two attached hydrogens (primary N) is 1. The smallest absolute Gasteiger partial charge is 0.226 e. The molecular formula is C16H28N2O. The Morgan fingerprint density at radius 3 is 2.32 bits per heavy atom. The summed E-state index contributed by atoms with van der Waals surface area (Å²) in [6.45, 7) is 6.23. The van der Waals surface area contributed by atoms with E-state index in [4.69, 9.17) is 5.73 Å². The first kappa shape index (κ1) is 13.4. The SMILES string of the molecule is CC12CC3CC(C)(C1)CC(C(=O)NCCCN)(C3)C2. The molecule has 0 heterocycles. The lowest BCUT2D eigenvalue weighted by molar-refractivity contribution is -0.170. The largest absolute Gasteiger partial charge is 0.356 e. The van der Waals surface area contributed by atoms with E-state index in [1.165, 1.54) is 19.3 Å². The second kappa shape index (κ2) is 4.21. The summed E-state index contributed by atoms with van der Waals surface area (Å²) in [5, 5.41) is 3.16. The Hall–Kier alpha value is -0.570. The highest BCUT2D eigenvalue weighted by molar-refractivity contribution is 5.83. The molecule has 19 heavy (non-hydrogen) atoms. The molecule has 0 spiro atoms. The van der Waals surface area contributed by atoms with E-state index in [1.54, 1.807) is 0 Å². The van der Waals surface area contributed by atoms with Crippen LogP contribution in [0.5, 0.6) is 0 Å². The van der Waals surface area contributed by atoms with Crippen molar-refractivity contribution in [2.75, 3.05) is 13.1 Å². The third-order valence-corrected chi connectivity index (χ3v) is 5.77. The second-order valence-corrected chi connectivity index (χ2v) is 8.31. The molecule has 0 saturated heterocycles. The molecule has 0 aromatic carbocycles. The van der Waals surface area contributed by atoms with Crippen molar-refractivity contribution >= 4 is 5.91 Å². The highest BCUT2D eigenvalue weighted by Crippen LogP contribution is 2.69. The molecule has 4 fully saturated rings. The van der Waals surface area contributed by atoms with E-state index in [-0.39, 0.29) is 5.41 Å². The van der Waals surface area contributed by atoms with E-state index in [0.29, 0.717) is 23.3 Å². The van der Waals surface area contributed by atoms with Crippen LogP contribution in [0.15, 0.2) is 0 Å². The lowest BCUT2D eigenvalue weighted by Gasteiger charge is -2.64. The molecule has 0 aliphatic heterocycles. The number of carbonyl (C=O) groups excluding carboxylic acids is 1. The molecule has 4 aliphatic carbocycles. The van der Waals surface area contributed by atoms with E-state index >= 15 is 0 Å². The molecule has 3 N–H and O–H groups in total. The van der Waals surface area contributed by atoms with Crippen LogP contribution in [-0.4, -0.2) is 19.0 Å². The number of hydrogen-bond donors (Lipinski definition) is 2. The fourth-order valence-corrected chi connectivity index (χ4v) is 6.19. The summed E-state index contributed by atoms with van der Waals surface area (Å²) in [6, 6.07) is 0. The Labute approximate surface area is 116 Å². The Morgan fingerprint density at radius 1 is 1.16 bits per heavy atom. The van der Waals surface area contributed by atoms with E-state index in [1.807, 2.05) is 0 Å². The molecule has 4 saturated carbocycles. The molecule has 3 nitrogen and oxygen atoms in total. The van der Waals surface area contributed by atoms with Gasteiger partial charge in [-0.2, -0.15) is 0 Å². The van der Waals surface area contributed by atoms with Crippen LogP contribution in [0.25, 0.3) is 0 Å². The average molecular weight is 264 g/mol. The number of nitrogens with one attached hydrogen (secondary N) is 1. The van der Waals surface area contributed by atoms with Gasteiger partial charge in [-0.3, -0.25) is 4.79 Å². The predicted octanol–water partition coefficient (Wildman–Crippen LogP) is 2.45. The third kappa shape index (κ3) is 2.20. The van der Waals surface area contributed by atoms with Gasteiger partial charge in [-0.05, 0) is 68.2 Å². The first-order valence-electron chi connectivity index (χ1n) is 7.87. The second-order valence-electron chi connectivity index (χ2n) is 8.31. The quantitative estimate of drug-likeness (QED) is 0.766. The van der Waals surface area contributed by atoms with Crippen LogP contribution >= 0.6 is 0 Å². The summed E-state index contributed by atoms with van der Waals surface area (Å²) in [6.07, 6.45) is 8.27. The predicted molar refractivity (Wildman–Crippen MR) is 76.5 cm³/mol. The summed E-state index contributed by atoms with van der Waals surface area (Å²) in [7, 11) is 0. The van der Waals surface area contributed by atoms with Crippen molar-refractivity contribution < 1.29 is 4.79 Å². The standard InChI is InChI=1S/C16H28N2O/c1-14-6-12-7-15(2,9-14)11-16(8-12,10-14)13(19)18-5-3-4-17/h12H,3-11,17H2,1-2H3,(H,18,19). The lowest BCUT2D eigenvalue weighted by atomic mass is 9.40. The third-order valence-electron chi connectivity index (χ3n) is 5.77. The van der Waals surface area contributed by atoms with Gasteiger partial charge in [0.15, 0.2) is 0 Å². The summed E-state index contributed by atoms with van der Waals surface area (Å²) >= 11 is 0. The first-order valence-corrected chi connectivity index (χ1v) is 7.87. The zero-order valence-electron chi connectivity index (χ0n) is 12.4. The van der Waals surface area contributed by atoms with Crippen molar-refractivity contribution in [3.05, 3.63) is 0 Å². The summed E-state index contributed by atoms with van der Waals surface area (Å²) < 4.78 is 0. The Morgan fingerprint density at radius 2 is 1.79 bits per heavy atom. The highest BCUT2D eigenvalue weighted by atomic mass is 16.2. The first-order chi connectivity index (χ1) is 8.89. The molecule has 4 bridgehead atoms. The van der Waals surface area contributed by atoms with Crippen molar-refractivity contribution in [2.24, 2.45) is 27.9 Å². The van der Waals surface area contributed by atoms with Crippen LogP contribution in [0.3, 0.4) is 0 Å². The number of amides is 1. The highest BCUT2D eigenvalue weighted by Gasteiger charge is 2.62. The van der Waals surface area contributed by atoms with Gasteiger partial charge in [-0.1, -0.05) is 13.8 Å². The maximum absolute atomic E-state index is 12.7. The van der Waals surface area contributed by atoms with Crippen LogP contribution in [0.4, 0.5) is 0 Å². The zero-order chi connectivity index (χ0) is 13.7. The van der Waals surface area contributed by atoms with Crippen molar-refractivity contribution in [3.8, 4) is 0 Å². The van der Waals surface area contributed by atoms with E-state index in [2.05, 4.69) is 19.2 Å². The molecule has 2 atom stereocenters. The van der Waals surface area contributed by atoms with Crippen molar-refractivity contribution in [1.29, 1.82) is 0 Å². The van der Waals surface area contributed by atoms with Gasteiger partial charge in [0.1, 0.15) is 0 Å². The van der Waals surface area contributed by atoms with Crippen molar-refractivity contribution in [3.63, 3.8) is 0 Å². The van der Waals surface area contributed by atoms with Crippen molar-refractivity contribution in [2.45, 2.75) is 58.8 Å². The maximum atomic E-state index is 12.7. The number of rotatable bonds is 4.